The molecule has 4 rings (SSSR count). The number of nitrogens with zero attached hydrogens (tertiary/aromatic N) is 1. The van der Waals surface area contributed by atoms with Gasteiger partial charge < -0.3 is 4.74 Å². The molecule has 3 aromatic rings. The number of rotatable bonds is 6. The van der Waals surface area contributed by atoms with Crippen molar-refractivity contribution in [3.63, 3.8) is 0 Å². The van der Waals surface area contributed by atoms with Crippen LogP contribution >= 0.6 is 50.1 Å². The second-order valence-electron chi connectivity index (χ2n) is 7.61. The van der Waals surface area contributed by atoms with Crippen molar-refractivity contribution in [1.29, 1.82) is 0 Å². The van der Waals surface area contributed by atoms with E-state index in [0.29, 0.717) is 35.1 Å². The summed E-state index contributed by atoms with van der Waals surface area (Å²) in [5, 5.41) is 2.70. The quantitative estimate of drug-likeness (QED) is 0.189. The number of hydrogen-bond donors (Lipinski definition) is 1. The Bertz CT molecular complexity index is 1360. The van der Waals surface area contributed by atoms with Crippen molar-refractivity contribution in [1.82, 2.24) is 5.32 Å². The number of carbonyl (C=O) groups excluding carboxylic acids is 3. The molecule has 178 valence electrons. The smallest absolute Gasteiger partial charge is 0.335 e. The van der Waals surface area contributed by atoms with E-state index in [9.17, 15) is 14.4 Å². The van der Waals surface area contributed by atoms with Gasteiger partial charge in [0.05, 0.1) is 12.3 Å². The summed E-state index contributed by atoms with van der Waals surface area (Å²) in [5.74, 6) is -0.807. The first-order chi connectivity index (χ1) is 16.8. The molecule has 6 nitrogen and oxygen atoms in total. The van der Waals surface area contributed by atoms with Gasteiger partial charge in [0.25, 0.3) is 11.8 Å². The topological polar surface area (TPSA) is 75.7 Å². The summed E-state index contributed by atoms with van der Waals surface area (Å²) in [7, 11) is 0. The zero-order valence-corrected chi connectivity index (χ0v) is 23.0. The van der Waals surface area contributed by atoms with Crippen LogP contribution in [0.25, 0.3) is 6.08 Å². The van der Waals surface area contributed by atoms with Crippen molar-refractivity contribution in [3.8, 4) is 5.75 Å². The third-order valence-electron chi connectivity index (χ3n) is 5.30. The molecule has 1 aliphatic rings. The Balaban J connectivity index is 1.72. The summed E-state index contributed by atoms with van der Waals surface area (Å²) in [6, 6.07) is 17.1. The minimum atomic E-state index is -0.812. The zero-order chi connectivity index (χ0) is 25.1. The highest BCUT2D eigenvalue weighted by atomic mass is 127. The lowest BCUT2D eigenvalue weighted by atomic mass is 10.0. The van der Waals surface area contributed by atoms with Gasteiger partial charge in [0, 0.05) is 25.0 Å². The summed E-state index contributed by atoms with van der Waals surface area (Å²) in [4.78, 5) is 39.1. The Kier molecular flexibility index (Phi) is 7.93. The highest BCUT2D eigenvalue weighted by molar-refractivity contribution is 14.1. The normalized spacial score (nSPS) is 14.9. The molecule has 35 heavy (non-hydrogen) atoms. The van der Waals surface area contributed by atoms with E-state index >= 15 is 0 Å². The van der Waals surface area contributed by atoms with Crippen LogP contribution in [0.1, 0.15) is 23.6 Å². The Labute approximate surface area is 229 Å². The van der Waals surface area contributed by atoms with Crippen LogP contribution in [0, 0.1) is 3.57 Å². The molecule has 9 heteroatoms. The first kappa shape index (κ1) is 25.4. The van der Waals surface area contributed by atoms with Gasteiger partial charge in [0.1, 0.15) is 11.3 Å². The van der Waals surface area contributed by atoms with Crippen molar-refractivity contribution in [2.75, 3.05) is 11.5 Å². The second kappa shape index (κ2) is 10.9. The molecule has 0 saturated carbocycles. The zero-order valence-electron chi connectivity index (χ0n) is 18.5. The Morgan fingerprint density at radius 1 is 1.09 bits per heavy atom. The standard InChI is InChI=1S/C26H19BrClIN2O4/c1-2-35-23-13-15(12-22(29)19(23)14-16-5-3-4-6-21(16)27)11-20-24(32)30-26(34)31(25(20)33)18-9-7-17(28)8-10-18/h3-13H,2,14H2,1H3,(H,30,32,34)/b20-11+. The van der Waals surface area contributed by atoms with E-state index in [0.717, 1.165) is 24.1 Å². The minimum Gasteiger partial charge on any atom is -0.494 e. The number of benzene rings is 3. The lowest BCUT2D eigenvalue weighted by Gasteiger charge is -2.26. The molecular formula is C26H19BrClIN2O4. The Morgan fingerprint density at radius 2 is 1.80 bits per heavy atom. The summed E-state index contributed by atoms with van der Waals surface area (Å²) < 4.78 is 7.84. The molecule has 0 unspecified atom stereocenters. The minimum absolute atomic E-state index is 0.156. The molecule has 1 saturated heterocycles. The average molecular weight is 666 g/mol. The summed E-state index contributed by atoms with van der Waals surface area (Å²) in [5.41, 5.74) is 2.87. The maximum Gasteiger partial charge on any atom is 0.335 e. The average Bonchev–Trinajstić information content (AvgIpc) is 2.81. The number of nitrogens with one attached hydrogen (secondary N) is 1. The number of imide groups is 2. The molecule has 0 radical (unpaired) electrons. The highest BCUT2D eigenvalue weighted by Crippen LogP contribution is 2.32. The summed E-state index contributed by atoms with van der Waals surface area (Å²) in [6.07, 6.45) is 2.12. The van der Waals surface area contributed by atoms with Gasteiger partial charge in [-0.1, -0.05) is 45.7 Å². The molecule has 1 aliphatic heterocycles. The molecule has 1 fully saturated rings. The number of hydrogen-bond acceptors (Lipinski definition) is 4. The van der Waals surface area contributed by atoms with E-state index in [1.807, 2.05) is 37.3 Å². The van der Waals surface area contributed by atoms with Crippen LogP contribution in [-0.4, -0.2) is 24.5 Å². The van der Waals surface area contributed by atoms with Crippen LogP contribution in [-0.2, 0) is 16.0 Å². The van der Waals surface area contributed by atoms with Gasteiger partial charge in [-0.25, -0.2) is 9.69 Å². The van der Waals surface area contributed by atoms with Crippen LogP contribution in [0.15, 0.2) is 70.7 Å². The van der Waals surface area contributed by atoms with Gasteiger partial charge in [0.15, 0.2) is 0 Å². The monoisotopic (exact) mass is 664 g/mol. The molecule has 0 aromatic heterocycles. The predicted molar refractivity (Wildman–Crippen MR) is 148 cm³/mol. The lowest BCUT2D eigenvalue weighted by molar-refractivity contribution is -0.122. The number of halogens is 3. The number of barbiturate groups is 1. The maximum absolute atomic E-state index is 13.2. The Hall–Kier alpha value is -2.69. The van der Waals surface area contributed by atoms with Crippen LogP contribution in [0.4, 0.5) is 10.5 Å². The fourth-order valence-electron chi connectivity index (χ4n) is 3.65. The van der Waals surface area contributed by atoms with Crippen molar-refractivity contribution in [3.05, 3.63) is 96.0 Å². The first-order valence-electron chi connectivity index (χ1n) is 10.6. The third kappa shape index (κ3) is 5.60. The van der Waals surface area contributed by atoms with E-state index in [4.69, 9.17) is 16.3 Å². The van der Waals surface area contributed by atoms with Gasteiger partial charge in [-0.3, -0.25) is 14.9 Å². The second-order valence-corrected chi connectivity index (χ2v) is 10.1. The van der Waals surface area contributed by atoms with Gasteiger partial charge in [-0.2, -0.15) is 0 Å². The van der Waals surface area contributed by atoms with E-state index in [1.165, 1.54) is 6.08 Å². The number of carbonyl (C=O) groups is 3. The fraction of sp³-hybridized carbons (Fsp3) is 0.115. The number of anilines is 1. The first-order valence-corrected chi connectivity index (χ1v) is 12.9. The van der Waals surface area contributed by atoms with Crippen molar-refractivity contribution in [2.24, 2.45) is 0 Å². The van der Waals surface area contributed by atoms with Gasteiger partial charge in [0.2, 0.25) is 0 Å². The molecule has 0 bridgehead atoms. The number of ether oxygens (including phenoxy) is 1. The molecular weight excluding hydrogens is 647 g/mol. The molecule has 4 amide bonds. The van der Waals surface area contributed by atoms with Gasteiger partial charge >= 0.3 is 6.03 Å². The van der Waals surface area contributed by atoms with Crippen molar-refractivity contribution < 1.29 is 19.1 Å². The van der Waals surface area contributed by atoms with Crippen LogP contribution in [0.2, 0.25) is 5.02 Å². The highest BCUT2D eigenvalue weighted by Gasteiger charge is 2.36. The Morgan fingerprint density at radius 3 is 2.49 bits per heavy atom. The molecule has 1 N–H and O–H groups in total. The lowest BCUT2D eigenvalue weighted by Crippen LogP contribution is -2.54. The molecule has 1 heterocycles. The largest absolute Gasteiger partial charge is 0.494 e. The van der Waals surface area contributed by atoms with Crippen LogP contribution in [0.5, 0.6) is 5.75 Å². The van der Waals surface area contributed by atoms with E-state index in [-0.39, 0.29) is 5.57 Å². The van der Waals surface area contributed by atoms with E-state index in [2.05, 4.69) is 43.8 Å². The van der Waals surface area contributed by atoms with Crippen LogP contribution < -0.4 is 15.0 Å². The molecule has 3 aromatic carbocycles. The molecule has 0 spiro atoms. The maximum atomic E-state index is 13.2. The number of urea groups is 1. The number of amides is 4. The summed E-state index contributed by atoms with van der Waals surface area (Å²) in [6.45, 7) is 2.35. The molecule has 0 aliphatic carbocycles. The summed E-state index contributed by atoms with van der Waals surface area (Å²) >= 11 is 11.7. The van der Waals surface area contributed by atoms with Crippen molar-refractivity contribution >= 4 is 79.7 Å². The van der Waals surface area contributed by atoms with E-state index in [1.54, 1.807) is 30.3 Å². The van der Waals surface area contributed by atoms with Gasteiger partial charge in [-0.05, 0) is 89.2 Å². The SMILES string of the molecule is CCOc1cc(/C=C2\C(=O)NC(=O)N(c3ccc(Cl)cc3)C2=O)cc(I)c1Cc1ccccc1Br. The van der Waals surface area contributed by atoms with E-state index < -0.39 is 17.8 Å². The van der Waals surface area contributed by atoms with Crippen molar-refractivity contribution in [2.45, 2.75) is 13.3 Å². The predicted octanol–water partition coefficient (Wildman–Crippen LogP) is 6.36. The molecule has 0 atom stereocenters. The van der Waals surface area contributed by atoms with Gasteiger partial charge in [-0.15, -0.1) is 0 Å². The fourth-order valence-corrected chi connectivity index (χ4v) is 5.02. The van der Waals surface area contributed by atoms with Crippen LogP contribution in [0.3, 0.4) is 0 Å². The third-order valence-corrected chi connectivity index (χ3v) is 7.29.